The number of aryl methyl sites for hydroxylation is 1. The SMILES string of the molecule is Cc1noc(N)c1C(=O)OCCOC(C)(C)C. The third-order valence-corrected chi connectivity index (χ3v) is 1.94. The van der Waals surface area contributed by atoms with E-state index in [9.17, 15) is 4.79 Å². The smallest absolute Gasteiger partial charge is 0.345 e. The lowest BCUT2D eigenvalue weighted by atomic mass is 10.2. The number of nitrogens with two attached hydrogens (primary N) is 1. The van der Waals surface area contributed by atoms with Gasteiger partial charge in [0.2, 0.25) is 5.88 Å². The van der Waals surface area contributed by atoms with Crippen LogP contribution >= 0.6 is 0 Å². The van der Waals surface area contributed by atoms with Gasteiger partial charge in [0.1, 0.15) is 12.2 Å². The van der Waals surface area contributed by atoms with Gasteiger partial charge < -0.3 is 19.7 Å². The fourth-order valence-corrected chi connectivity index (χ4v) is 1.19. The Balaban J connectivity index is 2.41. The highest BCUT2D eigenvalue weighted by Crippen LogP contribution is 2.16. The van der Waals surface area contributed by atoms with E-state index in [1.807, 2.05) is 20.8 Å². The van der Waals surface area contributed by atoms with Crippen LogP contribution < -0.4 is 5.73 Å². The highest BCUT2D eigenvalue weighted by Gasteiger charge is 2.20. The Bertz CT molecular complexity index is 373. The first-order valence-electron chi connectivity index (χ1n) is 5.34. The number of carbonyl (C=O) groups excluding carboxylic acids is 1. The molecule has 96 valence electrons. The number of rotatable bonds is 4. The lowest BCUT2D eigenvalue weighted by Crippen LogP contribution is -2.22. The average molecular weight is 242 g/mol. The van der Waals surface area contributed by atoms with E-state index >= 15 is 0 Å². The predicted molar refractivity (Wildman–Crippen MR) is 61.6 cm³/mol. The molecular weight excluding hydrogens is 224 g/mol. The fourth-order valence-electron chi connectivity index (χ4n) is 1.19. The van der Waals surface area contributed by atoms with Crippen molar-refractivity contribution in [2.75, 3.05) is 18.9 Å². The van der Waals surface area contributed by atoms with E-state index in [-0.39, 0.29) is 23.7 Å². The zero-order valence-corrected chi connectivity index (χ0v) is 10.6. The van der Waals surface area contributed by atoms with Gasteiger partial charge in [-0.15, -0.1) is 0 Å². The second kappa shape index (κ2) is 5.18. The van der Waals surface area contributed by atoms with E-state index in [0.717, 1.165) is 0 Å². The number of nitrogens with zero attached hydrogens (tertiary/aromatic N) is 1. The molecule has 1 heterocycles. The van der Waals surface area contributed by atoms with Crippen LogP contribution in [0.2, 0.25) is 0 Å². The first-order chi connectivity index (χ1) is 7.81. The molecule has 0 aliphatic heterocycles. The minimum atomic E-state index is -0.543. The molecule has 6 nitrogen and oxygen atoms in total. The topological polar surface area (TPSA) is 87.6 Å². The maximum Gasteiger partial charge on any atom is 0.345 e. The maximum atomic E-state index is 11.6. The van der Waals surface area contributed by atoms with E-state index in [1.54, 1.807) is 6.92 Å². The van der Waals surface area contributed by atoms with E-state index in [2.05, 4.69) is 9.68 Å². The Morgan fingerprint density at radius 3 is 2.53 bits per heavy atom. The molecule has 1 aromatic heterocycles. The number of hydrogen-bond acceptors (Lipinski definition) is 6. The van der Waals surface area contributed by atoms with Crippen molar-refractivity contribution in [3.05, 3.63) is 11.3 Å². The van der Waals surface area contributed by atoms with Crippen LogP contribution in [0.25, 0.3) is 0 Å². The van der Waals surface area contributed by atoms with Gasteiger partial charge in [0, 0.05) is 0 Å². The molecule has 0 radical (unpaired) electrons. The molecule has 0 saturated carbocycles. The van der Waals surface area contributed by atoms with Gasteiger partial charge in [0.05, 0.1) is 17.9 Å². The summed E-state index contributed by atoms with van der Waals surface area (Å²) in [5.74, 6) is -0.567. The molecule has 0 fully saturated rings. The number of esters is 1. The van der Waals surface area contributed by atoms with Crippen molar-refractivity contribution in [1.82, 2.24) is 5.16 Å². The van der Waals surface area contributed by atoms with Gasteiger partial charge in [-0.1, -0.05) is 5.16 Å². The standard InChI is InChI=1S/C11H18N2O4/c1-7-8(9(12)17-13-7)10(14)15-5-6-16-11(2,3)4/h5-6,12H2,1-4H3. The summed E-state index contributed by atoms with van der Waals surface area (Å²) in [6.07, 6.45) is 0. The van der Waals surface area contributed by atoms with Crippen molar-refractivity contribution in [3.63, 3.8) is 0 Å². The number of nitrogen functional groups attached to an aromatic ring is 1. The zero-order chi connectivity index (χ0) is 13.1. The molecule has 0 unspecified atom stereocenters. The Hall–Kier alpha value is -1.56. The molecule has 0 atom stereocenters. The molecule has 0 aliphatic rings. The van der Waals surface area contributed by atoms with E-state index in [4.69, 9.17) is 15.2 Å². The van der Waals surface area contributed by atoms with Crippen LogP contribution in [0.5, 0.6) is 0 Å². The third kappa shape index (κ3) is 4.07. The second-order valence-electron chi connectivity index (χ2n) is 4.60. The van der Waals surface area contributed by atoms with Crippen LogP contribution in [0, 0.1) is 6.92 Å². The molecule has 0 aromatic carbocycles. The Morgan fingerprint density at radius 2 is 2.06 bits per heavy atom. The van der Waals surface area contributed by atoms with Gasteiger partial charge in [0.15, 0.2) is 0 Å². The first-order valence-corrected chi connectivity index (χ1v) is 5.34. The summed E-state index contributed by atoms with van der Waals surface area (Å²) >= 11 is 0. The van der Waals surface area contributed by atoms with Crippen LogP contribution in [0.1, 0.15) is 36.8 Å². The molecular formula is C11H18N2O4. The molecule has 0 amide bonds. The van der Waals surface area contributed by atoms with Crippen LogP contribution in [0.15, 0.2) is 4.52 Å². The number of hydrogen-bond donors (Lipinski definition) is 1. The van der Waals surface area contributed by atoms with Crippen molar-refractivity contribution in [1.29, 1.82) is 0 Å². The van der Waals surface area contributed by atoms with Crippen molar-refractivity contribution >= 4 is 11.9 Å². The van der Waals surface area contributed by atoms with Gasteiger partial charge in [-0.05, 0) is 27.7 Å². The van der Waals surface area contributed by atoms with E-state index in [0.29, 0.717) is 12.3 Å². The number of aromatic nitrogens is 1. The van der Waals surface area contributed by atoms with Crippen LogP contribution in [0.4, 0.5) is 5.88 Å². The van der Waals surface area contributed by atoms with Crippen LogP contribution in [-0.4, -0.2) is 29.9 Å². The van der Waals surface area contributed by atoms with Crippen molar-refractivity contribution in [2.45, 2.75) is 33.3 Å². The first kappa shape index (κ1) is 13.5. The fraction of sp³-hybridized carbons (Fsp3) is 0.636. The summed E-state index contributed by atoms with van der Waals surface area (Å²) in [6.45, 7) is 7.91. The molecule has 6 heteroatoms. The average Bonchev–Trinajstić information content (AvgIpc) is 2.52. The van der Waals surface area contributed by atoms with E-state index < -0.39 is 5.97 Å². The summed E-state index contributed by atoms with van der Waals surface area (Å²) in [7, 11) is 0. The molecule has 17 heavy (non-hydrogen) atoms. The highest BCUT2D eigenvalue weighted by atomic mass is 16.6. The summed E-state index contributed by atoms with van der Waals surface area (Å²) in [5.41, 5.74) is 5.80. The maximum absolute atomic E-state index is 11.6. The van der Waals surface area contributed by atoms with Crippen molar-refractivity contribution in [3.8, 4) is 0 Å². The van der Waals surface area contributed by atoms with Gasteiger partial charge >= 0.3 is 5.97 Å². The summed E-state index contributed by atoms with van der Waals surface area (Å²) in [6, 6.07) is 0. The highest BCUT2D eigenvalue weighted by molar-refractivity contribution is 5.94. The lowest BCUT2D eigenvalue weighted by Gasteiger charge is -2.19. The minimum absolute atomic E-state index is 0.0239. The third-order valence-electron chi connectivity index (χ3n) is 1.94. The molecule has 0 aliphatic carbocycles. The zero-order valence-electron chi connectivity index (χ0n) is 10.6. The Labute approximate surface area is 100 Å². The number of carbonyl (C=O) groups is 1. The number of anilines is 1. The largest absolute Gasteiger partial charge is 0.459 e. The van der Waals surface area contributed by atoms with Gasteiger partial charge in [0.25, 0.3) is 0 Å². The number of ether oxygens (including phenoxy) is 2. The monoisotopic (exact) mass is 242 g/mol. The molecule has 0 saturated heterocycles. The Kier molecular flexibility index (Phi) is 4.11. The van der Waals surface area contributed by atoms with Crippen LogP contribution in [0.3, 0.4) is 0 Å². The molecule has 0 spiro atoms. The summed E-state index contributed by atoms with van der Waals surface area (Å²) < 4.78 is 15.1. The van der Waals surface area contributed by atoms with Crippen molar-refractivity contribution in [2.24, 2.45) is 0 Å². The molecule has 1 rings (SSSR count). The molecule has 2 N–H and O–H groups in total. The van der Waals surface area contributed by atoms with Gasteiger partial charge in [-0.3, -0.25) is 0 Å². The van der Waals surface area contributed by atoms with E-state index in [1.165, 1.54) is 0 Å². The van der Waals surface area contributed by atoms with Gasteiger partial charge in [-0.2, -0.15) is 0 Å². The quantitative estimate of drug-likeness (QED) is 0.636. The van der Waals surface area contributed by atoms with Crippen LogP contribution in [-0.2, 0) is 9.47 Å². The molecule has 1 aromatic rings. The second-order valence-corrected chi connectivity index (χ2v) is 4.60. The van der Waals surface area contributed by atoms with Gasteiger partial charge in [-0.25, -0.2) is 4.79 Å². The minimum Gasteiger partial charge on any atom is -0.459 e. The predicted octanol–water partition coefficient (Wildman–Crippen LogP) is 1.54. The van der Waals surface area contributed by atoms with Crippen molar-refractivity contribution < 1.29 is 18.8 Å². The summed E-state index contributed by atoms with van der Waals surface area (Å²) in [4.78, 5) is 11.6. The Morgan fingerprint density at radius 1 is 1.41 bits per heavy atom. The lowest BCUT2D eigenvalue weighted by molar-refractivity contribution is -0.0281. The summed E-state index contributed by atoms with van der Waals surface area (Å²) in [5, 5.41) is 3.57. The molecule has 0 bridgehead atoms. The normalized spacial score (nSPS) is 11.5.